The predicted octanol–water partition coefficient (Wildman–Crippen LogP) is 1.29. The Hall–Kier alpha value is -0.630. The minimum absolute atomic E-state index is 0.0999. The highest BCUT2D eigenvalue weighted by atomic mass is 16.3. The van der Waals surface area contributed by atoms with Crippen molar-refractivity contribution in [1.29, 1.82) is 0 Å². The lowest BCUT2D eigenvalue weighted by molar-refractivity contribution is -0.115. The average Bonchev–Trinajstić information content (AvgIpc) is 1.98. The SMILES string of the molecule is C/C=C(\C)C(=O)CCCO. The number of hydrogen-bond donors (Lipinski definition) is 1. The first kappa shape index (κ1) is 9.37. The second-order valence-corrected chi connectivity index (χ2v) is 2.22. The molecule has 58 valence electrons. The van der Waals surface area contributed by atoms with E-state index in [1.807, 2.05) is 6.92 Å². The first-order chi connectivity index (χ1) is 4.72. The molecule has 0 heterocycles. The quantitative estimate of drug-likeness (QED) is 0.600. The molecule has 0 spiro atoms. The summed E-state index contributed by atoms with van der Waals surface area (Å²) < 4.78 is 0. The summed E-state index contributed by atoms with van der Waals surface area (Å²) in [4.78, 5) is 11.0. The Morgan fingerprint density at radius 2 is 2.20 bits per heavy atom. The third-order valence-corrected chi connectivity index (χ3v) is 1.43. The lowest BCUT2D eigenvalue weighted by atomic mass is 10.1. The van der Waals surface area contributed by atoms with E-state index in [1.165, 1.54) is 0 Å². The maximum Gasteiger partial charge on any atom is 0.158 e. The number of allylic oxidation sites excluding steroid dienone is 2. The fraction of sp³-hybridized carbons (Fsp3) is 0.625. The third kappa shape index (κ3) is 3.41. The summed E-state index contributed by atoms with van der Waals surface area (Å²) in [6, 6.07) is 0. The van der Waals surface area contributed by atoms with Gasteiger partial charge < -0.3 is 5.11 Å². The van der Waals surface area contributed by atoms with E-state index in [2.05, 4.69) is 0 Å². The van der Waals surface area contributed by atoms with Crippen LogP contribution in [-0.4, -0.2) is 17.5 Å². The van der Waals surface area contributed by atoms with Crippen LogP contribution in [-0.2, 0) is 4.79 Å². The van der Waals surface area contributed by atoms with Crippen molar-refractivity contribution in [3.63, 3.8) is 0 Å². The second kappa shape index (κ2) is 5.18. The molecular formula is C8H14O2. The smallest absolute Gasteiger partial charge is 0.158 e. The van der Waals surface area contributed by atoms with Crippen molar-refractivity contribution in [2.24, 2.45) is 0 Å². The summed E-state index contributed by atoms with van der Waals surface area (Å²) in [5.41, 5.74) is 0.786. The Morgan fingerprint density at radius 1 is 1.60 bits per heavy atom. The Balaban J connectivity index is 3.63. The van der Waals surface area contributed by atoms with Crippen LogP contribution in [0.15, 0.2) is 11.6 Å². The van der Waals surface area contributed by atoms with Crippen LogP contribution in [0.2, 0.25) is 0 Å². The van der Waals surface area contributed by atoms with E-state index in [9.17, 15) is 4.79 Å². The van der Waals surface area contributed by atoms with Gasteiger partial charge in [-0.3, -0.25) is 4.79 Å². The van der Waals surface area contributed by atoms with Gasteiger partial charge in [0.05, 0.1) is 0 Å². The van der Waals surface area contributed by atoms with Crippen molar-refractivity contribution in [2.75, 3.05) is 6.61 Å². The van der Waals surface area contributed by atoms with Gasteiger partial charge in [0.2, 0.25) is 0 Å². The summed E-state index contributed by atoms with van der Waals surface area (Å²) >= 11 is 0. The minimum atomic E-state index is 0.0999. The van der Waals surface area contributed by atoms with Crippen molar-refractivity contribution in [3.8, 4) is 0 Å². The zero-order valence-electron chi connectivity index (χ0n) is 6.55. The summed E-state index contributed by atoms with van der Waals surface area (Å²) in [6.07, 6.45) is 2.83. The second-order valence-electron chi connectivity index (χ2n) is 2.22. The van der Waals surface area contributed by atoms with E-state index >= 15 is 0 Å². The molecule has 0 aliphatic carbocycles. The molecule has 2 heteroatoms. The number of carbonyl (C=O) groups excluding carboxylic acids is 1. The highest BCUT2D eigenvalue weighted by Crippen LogP contribution is 2.00. The van der Waals surface area contributed by atoms with Crippen molar-refractivity contribution in [2.45, 2.75) is 26.7 Å². The van der Waals surface area contributed by atoms with Crippen LogP contribution in [0.4, 0.5) is 0 Å². The number of carbonyl (C=O) groups is 1. The van der Waals surface area contributed by atoms with E-state index < -0.39 is 0 Å². The summed E-state index contributed by atoms with van der Waals surface area (Å²) in [7, 11) is 0. The molecule has 0 unspecified atom stereocenters. The van der Waals surface area contributed by atoms with E-state index in [-0.39, 0.29) is 12.4 Å². The number of aliphatic hydroxyl groups excluding tert-OH is 1. The zero-order chi connectivity index (χ0) is 7.98. The van der Waals surface area contributed by atoms with E-state index in [1.54, 1.807) is 13.0 Å². The van der Waals surface area contributed by atoms with Gasteiger partial charge in [0.1, 0.15) is 0 Å². The average molecular weight is 142 g/mol. The number of aliphatic hydroxyl groups is 1. The predicted molar refractivity (Wildman–Crippen MR) is 40.8 cm³/mol. The fourth-order valence-corrected chi connectivity index (χ4v) is 0.598. The van der Waals surface area contributed by atoms with Crippen LogP contribution in [0.1, 0.15) is 26.7 Å². The molecule has 10 heavy (non-hydrogen) atoms. The van der Waals surface area contributed by atoms with E-state index in [4.69, 9.17) is 5.11 Å². The molecule has 0 atom stereocenters. The van der Waals surface area contributed by atoms with Crippen LogP contribution >= 0.6 is 0 Å². The van der Waals surface area contributed by atoms with Gasteiger partial charge in [-0.2, -0.15) is 0 Å². The molecule has 0 saturated heterocycles. The van der Waals surface area contributed by atoms with Gasteiger partial charge in [0.25, 0.3) is 0 Å². The third-order valence-electron chi connectivity index (χ3n) is 1.43. The van der Waals surface area contributed by atoms with Crippen LogP contribution < -0.4 is 0 Å². The molecule has 0 aliphatic heterocycles. The van der Waals surface area contributed by atoms with Gasteiger partial charge in [-0.1, -0.05) is 6.08 Å². The molecule has 0 aliphatic rings. The molecule has 0 aromatic heterocycles. The van der Waals surface area contributed by atoms with Gasteiger partial charge in [-0.25, -0.2) is 0 Å². The number of Topliss-reactive ketones (excluding diaryl/α,β-unsaturated/α-hetero) is 1. The minimum Gasteiger partial charge on any atom is -0.396 e. The van der Waals surface area contributed by atoms with Crippen molar-refractivity contribution >= 4 is 5.78 Å². The van der Waals surface area contributed by atoms with Gasteiger partial charge in [-0.15, -0.1) is 0 Å². The molecule has 0 bridgehead atoms. The number of ketones is 1. The Labute approximate surface area is 61.6 Å². The Bertz CT molecular complexity index is 136. The molecule has 0 aromatic carbocycles. The van der Waals surface area contributed by atoms with E-state index in [0.29, 0.717) is 12.8 Å². The lowest BCUT2D eigenvalue weighted by Crippen LogP contribution is -2.00. The lowest BCUT2D eigenvalue weighted by Gasteiger charge is -1.96. The van der Waals surface area contributed by atoms with Gasteiger partial charge in [-0.05, 0) is 25.8 Å². The summed E-state index contributed by atoms with van der Waals surface area (Å²) in [5.74, 6) is 0.136. The molecule has 0 fully saturated rings. The van der Waals surface area contributed by atoms with Crippen LogP contribution in [0.25, 0.3) is 0 Å². The Morgan fingerprint density at radius 3 is 2.60 bits per heavy atom. The molecule has 0 saturated carbocycles. The zero-order valence-corrected chi connectivity index (χ0v) is 6.55. The first-order valence-corrected chi connectivity index (χ1v) is 3.49. The van der Waals surface area contributed by atoms with Gasteiger partial charge in [0.15, 0.2) is 5.78 Å². The van der Waals surface area contributed by atoms with Crippen molar-refractivity contribution in [3.05, 3.63) is 11.6 Å². The number of rotatable bonds is 4. The van der Waals surface area contributed by atoms with Crippen LogP contribution in [0, 0.1) is 0 Å². The van der Waals surface area contributed by atoms with E-state index in [0.717, 1.165) is 5.57 Å². The first-order valence-electron chi connectivity index (χ1n) is 3.49. The van der Waals surface area contributed by atoms with Gasteiger partial charge >= 0.3 is 0 Å². The summed E-state index contributed by atoms with van der Waals surface area (Å²) in [5, 5.41) is 8.40. The maximum absolute atomic E-state index is 11.0. The monoisotopic (exact) mass is 142 g/mol. The highest BCUT2D eigenvalue weighted by molar-refractivity contribution is 5.94. The number of hydrogen-bond acceptors (Lipinski definition) is 2. The van der Waals surface area contributed by atoms with Crippen molar-refractivity contribution < 1.29 is 9.90 Å². The summed E-state index contributed by atoms with van der Waals surface area (Å²) in [6.45, 7) is 3.73. The fourth-order valence-electron chi connectivity index (χ4n) is 0.598. The van der Waals surface area contributed by atoms with Crippen LogP contribution in [0.3, 0.4) is 0 Å². The Kier molecular flexibility index (Phi) is 4.85. The molecule has 1 N–H and O–H groups in total. The highest BCUT2D eigenvalue weighted by Gasteiger charge is 2.00. The molecule has 0 radical (unpaired) electrons. The van der Waals surface area contributed by atoms with Crippen molar-refractivity contribution in [1.82, 2.24) is 0 Å². The van der Waals surface area contributed by atoms with Gasteiger partial charge in [0, 0.05) is 13.0 Å². The maximum atomic E-state index is 11.0. The normalized spacial score (nSPS) is 11.7. The molecule has 2 nitrogen and oxygen atoms in total. The molecule has 0 amide bonds. The largest absolute Gasteiger partial charge is 0.396 e. The topological polar surface area (TPSA) is 37.3 Å². The standard InChI is InChI=1S/C8H14O2/c1-3-7(2)8(10)5-4-6-9/h3,9H,4-6H2,1-2H3/b7-3+. The molecule has 0 aromatic rings. The molecular weight excluding hydrogens is 128 g/mol. The van der Waals surface area contributed by atoms with Crippen LogP contribution in [0.5, 0.6) is 0 Å². The molecule has 0 rings (SSSR count).